The maximum atomic E-state index is 14.5. The smallest absolute Gasteiger partial charge is 0.341 e. The summed E-state index contributed by atoms with van der Waals surface area (Å²) in [5, 5.41) is 12.4. The van der Waals surface area contributed by atoms with E-state index in [1.165, 1.54) is 39.0 Å². The van der Waals surface area contributed by atoms with E-state index in [1.807, 2.05) is 0 Å². The molecule has 3 amide bonds. The number of nitrogens with zero attached hydrogens (tertiary/aromatic N) is 6. The number of amides is 3. The summed E-state index contributed by atoms with van der Waals surface area (Å²) in [4.78, 5) is 30.7. The molecule has 1 aromatic carbocycles. The minimum atomic E-state index is -0.731. The SMILES string of the molecule is Cn1nc(NC(=O)C2CC2)cc1-c1cc(OC2CN(C(=O)N3N=CC[C@H]3c3cc(F)cc(F)c3)C2)c(F)cn1. The molecule has 10 nitrogen and oxygen atoms in total. The molecule has 202 valence electrons. The summed E-state index contributed by atoms with van der Waals surface area (Å²) in [6.45, 7) is 0.352. The second kappa shape index (κ2) is 9.71. The topological polar surface area (TPSA) is 105 Å². The van der Waals surface area contributed by atoms with Crippen LogP contribution in [0.15, 0.2) is 41.6 Å². The van der Waals surface area contributed by atoms with Crippen LogP contribution < -0.4 is 10.1 Å². The molecule has 3 aromatic rings. The molecule has 1 saturated heterocycles. The van der Waals surface area contributed by atoms with Gasteiger partial charge in [-0.1, -0.05) is 0 Å². The van der Waals surface area contributed by atoms with Crippen LogP contribution in [0, 0.1) is 23.4 Å². The van der Waals surface area contributed by atoms with Gasteiger partial charge < -0.3 is 15.0 Å². The van der Waals surface area contributed by atoms with Crippen molar-refractivity contribution in [2.45, 2.75) is 31.4 Å². The standard InChI is InChI=1S/C26H24F3N7O3/c1-34-22(10-24(33-34)32-25(37)14-2-3-14)20-9-23(19(29)11-30-20)39-18-12-35(13-18)26(38)36-21(4-5-31-36)15-6-16(27)8-17(28)7-15/h5-11,14,18,21H,2-4,12-13H2,1H3,(H,32,33,37)/t21-/m0/s1. The zero-order chi connectivity index (χ0) is 27.3. The fourth-order valence-corrected chi connectivity index (χ4v) is 4.63. The Hall–Kier alpha value is -4.42. The molecule has 6 rings (SSSR count). The number of benzene rings is 1. The first kappa shape index (κ1) is 24.9. The van der Waals surface area contributed by atoms with Gasteiger partial charge in [0.1, 0.15) is 17.7 Å². The molecule has 39 heavy (non-hydrogen) atoms. The maximum absolute atomic E-state index is 14.5. The third kappa shape index (κ3) is 5.03. The predicted octanol–water partition coefficient (Wildman–Crippen LogP) is 3.86. The number of carbonyl (C=O) groups excluding carboxylic acids is 2. The minimum Gasteiger partial charge on any atom is -0.483 e. The molecule has 13 heteroatoms. The lowest BCUT2D eigenvalue weighted by Gasteiger charge is -2.41. The number of carbonyl (C=O) groups is 2. The molecule has 2 aliphatic heterocycles. The first-order valence-electron chi connectivity index (χ1n) is 12.5. The summed E-state index contributed by atoms with van der Waals surface area (Å²) in [5.74, 6) is -1.82. The van der Waals surface area contributed by atoms with E-state index in [0.717, 1.165) is 25.1 Å². The zero-order valence-electron chi connectivity index (χ0n) is 20.9. The van der Waals surface area contributed by atoms with Crippen molar-refractivity contribution in [3.05, 3.63) is 59.5 Å². The van der Waals surface area contributed by atoms with E-state index < -0.39 is 35.6 Å². The van der Waals surface area contributed by atoms with Gasteiger partial charge in [-0.2, -0.15) is 10.2 Å². The molecular weight excluding hydrogens is 515 g/mol. The van der Waals surface area contributed by atoms with Crippen LogP contribution in [0.5, 0.6) is 5.75 Å². The van der Waals surface area contributed by atoms with E-state index in [4.69, 9.17) is 4.74 Å². The summed E-state index contributed by atoms with van der Waals surface area (Å²) in [7, 11) is 1.69. The number of ether oxygens (including phenoxy) is 1. The quantitative estimate of drug-likeness (QED) is 0.512. The number of urea groups is 1. The van der Waals surface area contributed by atoms with Gasteiger partial charge in [-0.3, -0.25) is 14.5 Å². The number of hydrogen-bond acceptors (Lipinski definition) is 6. The van der Waals surface area contributed by atoms with Crippen molar-refractivity contribution in [1.82, 2.24) is 24.7 Å². The summed E-state index contributed by atoms with van der Waals surface area (Å²) in [5.41, 5.74) is 1.27. The van der Waals surface area contributed by atoms with Crippen molar-refractivity contribution in [2.24, 2.45) is 18.1 Å². The van der Waals surface area contributed by atoms with Gasteiger partial charge in [0.15, 0.2) is 17.4 Å². The van der Waals surface area contributed by atoms with E-state index in [1.54, 1.807) is 13.1 Å². The average molecular weight is 540 g/mol. The highest BCUT2D eigenvalue weighted by molar-refractivity contribution is 5.93. The number of likely N-dealkylation sites (tertiary alicyclic amines) is 1. The fourth-order valence-electron chi connectivity index (χ4n) is 4.63. The van der Waals surface area contributed by atoms with Crippen molar-refractivity contribution in [3.63, 3.8) is 0 Å². The fraction of sp³-hybridized carbons (Fsp3) is 0.346. The van der Waals surface area contributed by atoms with Crippen LogP contribution in [-0.4, -0.2) is 62.0 Å². The Morgan fingerprint density at radius 3 is 2.51 bits per heavy atom. The van der Waals surface area contributed by atoms with Crippen molar-refractivity contribution < 1.29 is 27.5 Å². The summed E-state index contributed by atoms with van der Waals surface area (Å²) in [6.07, 6.45) is 4.16. The van der Waals surface area contributed by atoms with E-state index in [9.17, 15) is 22.8 Å². The Morgan fingerprint density at radius 1 is 1.05 bits per heavy atom. The number of hydrogen-bond donors (Lipinski definition) is 1. The van der Waals surface area contributed by atoms with Gasteiger partial charge in [0.25, 0.3) is 0 Å². The van der Waals surface area contributed by atoms with Crippen LogP contribution in [0.1, 0.15) is 30.9 Å². The Kier molecular flexibility index (Phi) is 6.20. The van der Waals surface area contributed by atoms with Gasteiger partial charge in [0.2, 0.25) is 5.91 Å². The number of anilines is 1. The van der Waals surface area contributed by atoms with E-state index in [2.05, 4.69) is 20.5 Å². The maximum Gasteiger partial charge on any atom is 0.341 e. The largest absolute Gasteiger partial charge is 0.483 e. The third-order valence-corrected chi connectivity index (χ3v) is 6.87. The molecular formula is C26H24F3N7O3. The molecule has 3 aliphatic rings. The molecule has 1 saturated carbocycles. The molecule has 0 spiro atoms. The van der Waals surface area contributed by atoms with Crippen LogP contribution in [-0.2, 0) is 11.8 Å². The highest BCUT2D eigenvalue weighted by Crippen LogP contribution is 2.33. The number of pyridine rings is 1. The molecule has 4 heterocycles. The van der Waals surface area contributed by atoms with Crippen molar-refractivity contribution in [1.29, 1.82) is 0 Å². The van der Waals surface area contributed by atoms with E-state index in [0.29, 0.717) is 29.2 Å². The van der Waals surface area contributed by atoms with Gasteiger partial charge in [-0.05, 0) is 30.5 Å². The van der Waals surface area contributed by atoms with Crippen LogP contribution in [0.25, 0.3) is 11.4 Å². The first-order valence-corrected chi connectivity index (χ1v) is 12.5. The Balaban J connectivity index is 1.10. The van der Waals surface area contributed by atoms with Crippen LogP contribution in [0.3, 0.4) is 0 Å². The molecule has 0 unspecified atom stereocenters. The van der Waals surface area contributed by atoms with Gasteiger partial charge in [-0.15, -0.1) is 0 Å². The number of aryl methyl sites for hydroxylation is 1. The monoisotopic (exact) mass is 539 g/mol. The Morgan fingerprint density at radius 2 is 1.79 bits per heavy atom. The Labute approximate surface area is 221 Å². The van der Waals surface area contributed by atoms with Crippen LogP contribution in [0.2, 0.25) is 0 Å². The molecule has 0 radical (unpaired) electrons. The molecule has 1 atom stereocenters. The van der Waals surface area contributed by atoms with Crippen LogP contribution in [0.4, 0.5) is 23.8 Å². The zero-order valence-corrected chi connectivity index (χ0v) is 20.9. The second-order valence-corrected chi connectivity index (χ2v) is 9.83. The third-order valence-electron chi connectivity index (χ3n) is 6.87. The number of halogens is 3. The predicted molar refractivity (Wildman–Crippen MR) is 133 cm³/mol. The lowest BCUT2D eigenvalue weighted by Crippen LogP contribution is -2.58. The van der Waals surface area contributed by atoms with Gasteiger partial charge >= 0.3 is 6.03 Å². The normalized spacial score (nSPS) is 18.8. The van der Waals surface area contributed by atoms with E-state index >= 15 is 0 Å². The van der Waals surface area contributed by atoms with Gasteiger partial charge in [0.05, 0.1) is 36.7 Å². The van der Waals surface area contributed by atoms with Crippen molar-refractivity contribution in [3.8, 4) is 17.1 Å². The highest BCUT2D eigenvalue weighted by Gasteiger charge is 2.39. The molecule has 0 bridgehead atoms. The van der Waals surface area contributed by atoms with Gasteiger partial charge in [-0.25, -0.2) is 23.0 Å². The molecule has 2 aromatic heterocycles. The van der Waals surface area contributed by atoms with Gasteiger partial charge in [0, 0.05) is 43.8 Å². The molecule has 1 aliphatic carbocycles. The van der Waals surface area contributed by atoms with Crippen molar-refractivity contribution >= 4 is 24.0 Å². The summed E-state index contributed by atoms with van der Waals surface area (Å²) in [6, 6.07) is 5.17. The average Bonchev–Trinajstić information content (AvgIpc) is 3.49. The first-order chi connectivity index (χ1) is 18.7. The molecule has 1 N–H and O–H groups in total. The van der Waals surface area contributed by atoms with E-state index in [-0.39, 0.29) is 30.7 Å². The lowest BCUT2D eigenvalue weighted by molar-refractivity contribution is -0.117. The van der Waals surface area contributed by atoms with Crippen LogP contribution >= 0.6 is 0 Å². The number of hydrazone groups is 1. The number of nitrogens with one attached hydrogen (secondary N) is 1. The molecule has 2 fully saturated rings. The Bertz CT molecular complexity index is 1460. The minimum absolute atomic E-state index is 0.0285. The van der Waals surface area contributed by atoms with Crippen molar-refractivity contribution in [2.75, 3.05) is 18.4 Å². The summed E-state index contributed by atoms with van der Waals surface area (Å²) >= 11 is 0. The number of aromatic nitrogens is 3. The lowest BCUT2D eigenvalue weighted by atomic mass is 10.0. The summed E-state index contributed by atoms with van der Waals surface area (Å²) < 4.78 is 49.3. The second-order valence-electron chi connectivity index (χ2n) is 9.83. The highest BCUT2D eigenvalue weighted by atomic mass is 19.1. The number of rotatable bonds is 6.